The summed E-state index contributed by atoms with van der Waals surface area (Å²) in [5, 5.41) is 11.0. The van der Waals surface area contributed by atoms with Crippen molar-refractivity contribution < 1.29 is 23.0 Å². The summed E-state index contributed by atoms with van der Waals surface area (Å²) in [5.74, 6) is -2.09. The third kappa shape index (κ3) is 2.99. The molecule has 0 fully saturated rings. The zero-order valence-corrected chi connectivity index (χ0v) is 14.0. The first-order chi connectivity index (χ1) is 12.5. The maximum absolute atomic E-state index is 13.5. The summed E-state index contributed by atoms with van der Waals surface area (Å²) in [6, 6.07) is 14.0. The number of hydrogen-bond acceptors (Lipinski definition) is 3. The molecule has 1 N–H and O–H groups in total. The standard InChI is InChI=1S/C20H11F3O2S/c21-12-3-1-11(2-4-12)19-15-7-5-13(24)9-18(15)26-20(19)25-14-6-8-16(22)17(23)10-14/h1-10,24H. The number of rotatable bonds is 3. The molecule has 0 radical (unpaired) electrons. The van der Waals surface area contributed by atoms with Gasteiger partial charge in [0.15, 0.2) is 16.7 Å². The fourth-order valence-electron chi connectivity index (χ4n) is 2.67. The highest BCUT2D eigenvalue weighted by molar-refractivity contribution is 7.21. The van der Waals surface area contributed by atoms with Crippen LogP contribution in [-0.4, -0.2) is 5.11 Å². The molecular weight excluding hydrogens is 361 g/mol. The fourth-order valence-corrected chi connectivity index (χ4v) is 3.80. The molecule has 0 aliphatic rings. The Bertz CT molecular complexity index is 1100. The van der Waals surface area contributed by atoms with Gasteiger partial charge in [-0.2, -0.15) is 0 Å². The lowest BCUT2D eigenvalue weighted by molar-refractivity contribution is 0.471. The van der Waals surface area contributed by atoms with Crippen molar-refractivity contribution in [2.45, 2.75) is 0 Å². The predicted octanol–water partition coefficient (Wildman–Crippen LogP) is 6.48. The normalized spacial score (nSPS) is 11.0. The molecule has 0 saturated carbocycles. The molecule has 2 nitrogen and oxygen atoms in total. The van der Waals surface area contributed by atoms with Gasteiger partial charge in [0.1, 0.15) is 17.3 Å². The largest absolute Gasteiger partial charge is 0.508 e. The molecule has 0 bridgehead atoms. The molecule has 4 rings (SSSR count). The Balaban J connectivity index is 1.88. The Morgan fingerprint density at radius 1 is 0.808 bits per heavy atom. The van der Waals surface area contributed by atoms with Gasteiger partial charge in [-0.3, -0.25) is 0 Å². The molecule has 0 aliphatic carbocycles. The van der Waals surface area contributed by atoms with Gasteiger partial charge in [0, 0.05) is 21.7 Å². The number of phenolic OH excluding ortho intramolecular Hbond substituents is 1. The van der Waals surface area contributed by atoms with Crippen LogP contribution in [-0.2, 0) is 0 Å². The second-order valence-electron chi connectivity index (χ2n) is 5.63. The summed E-state index contributed by atoms with van der Waals surface area (Å²) in [6.45, 7) is 0. The highest BCUT2D eigenvalue weighted by Crippen LogP contribution is 2.47. The quantitative estimate of drug-likeness (QED) is 0.446. The number of benzene rings is 3. The van der Waals surface area contributed by atoms with Gasteiger partial charge >= 0.3 is 0 Å². The van der Waals surface area contributed by atoms with E-state index in [4.69, 9.17) is 4.74 Å². The zero-order valence-electron chi connectivity index (χ0n) is 13.2. The monoisotopic (exact) mass is 372 g/mol. The molecule has 0 unspecified atom stereocenters. The number of aromatic hydroxyl groups is 1. The smallest absolute Gasteiger partial charge is 0.189 e. The van der Waals surface area contributed by atoms with Gasteiger partial charge in [-0.15, -0.1) is 0 Å². The maximum Gasteiger partial charge on any atom is 0.189 e. The lowest BCUT2D eigenvalue weighted by Gasteiger charge is -2.08. The van der Waals surface area contributed by atoms with E-state index in [1.54, 1.807) is 30.3 Å². The van der Waals surface area contributed by atoms with Gasteiger partial charge < -0.3 is 9.84 Å². The van der Waals surface area contributed by atoms with Crippen LogP contribution in [0.3, 0.4) is 0 Å². The topological polar surface area (TPSA) is 29.5 Å². The summed E-state index contributed by atoms with van der Waals surface area (Å²) in [6.07, 6.45) is 0. The zero-order chi connectivity index (χ0) is 18.3. The number of fused-ring (bicyclic) bond motifs is 1. The third-order valence-electron chi connectivity index (χ3n) is 3.88. The molecule has 1 heterocycles. The minimum Gasteiger partial charge on any atom is -0.508 e. The van der Waals surface area contributed by atoms with Crippen molar-refractivity contribution in [3.8, 4) is 27.7 Å². The van der Waals surface area contributed by atoms with Crippen molar-refractivity contribution in [1.82, 2.24) is 0 Å². The van der Waals surface area contributed by atoms with Gasteiger partial charge in [0.25, 0.3) is 0 Å². The van der Waals surface area contributed by atoms with Crippen LogP contribution in [0.5, 0.6) is 16.6 Å². The summed E-state index contributed by atoms with van der Waals surface area (Å²) in [4.78, 5) is 0. The number of halogens is 3. The molecule has 0 spiro atoms. The molecule has 130 valence electrons. The summed E-state index contributed by atoms with van der Waals surface area (Å²) < 4.78 is 46.5. The second-order valence-corrected chi connectivity index (χ2v) is 6.64. The highest BCUT2D eigenvalue weighted by atomic mass is 32.1. The Kier molecular flexibility index (Phi) is 4.05. The van der Waals surface area contributed by atoms with Crippen LogP contribution in [0.1, 0.15) is 0 Å². The van der Waals surface area contributed by atoms with E-state index in [0.29, 0.717) is 16.2 Å². The van der Waals surface area contributed by atoms with Crippen molar-refractivity contribution in [3.05, 3.63) is 78.1 Å². The van der Waals surface area contributed by atoms with E-state index in [9.17, 15) is 18.3 Å². The van der Waals surface area contributed by atoms with Gasteiger partial charge in [-0.25, -0.2) is 13.2 Å². The van der Waals surface area contributed by atoms with Crippen molar-refractivity contribution in [2.24, 2.45) is 0 Å². The molecule has 1 aromatic heterocycles. The average Bonchev–Trinajstić information content (AvgIpc) is 2.96. The highest BCUT2D eigenvalue weighted by Gasteiger charge is 2.17. The molecule has 0 atom stereocenters. The van der Waals surface area contributed by atoms with Crippen molar-refractivity contribution in [2.75, 3.05) is 0 Å². The van der Waals surface area contributed by atoms with E-state index < -0.39 is 11.6 Å². The Morgan fingerprint density at radius 2 is 1.58 bits per heavy atom. The Hall–Kier alpha value is -2.99. The lowest BCUT2D eigenvalue weighted by atomic mass is 10.0. The lowest BCUT2D eigenvalue weighted by Crippen LogP contribution is -1.88. The van der Waals surface area contributed by atoms with E-state index >= 15 is 0 Å². The van der Waals surface area contributed by atoms with Gasteiger partial charge in [0.05, 0.1) is 0 Å². The molecule has 26 heavy (non-hydrogen) atoms. The molecule has 0 aliphatic heterocycles. The molecule has 6 heteroatoms. The molecule has 0 saturated heterocycles. The van der Waals surface area contributed by atoms with Gasteiger partial charge in [0.2, 0.25) is 0 Å². The first-order valence-electron chi connectivity index (χ1n) is 7.65. The van der Waals surface area contributed by atoms with Crippen molar-refractivity contribution in [3.63, 3.8) is 0 Å². The fraction of sp³-hybridized carbons (Fsp3) is 0. The van der Waals surface area contributed by atoms with Crippen LogP contribution in [0.4, 0.5) is 13.2 Å². The minimum atomic E-state index is -1.01. The Labute approximate surface area is 150 Å². The SMILES string of the molecule is Oc1ccc2c(-c3ccc(F)cc3)c(Oc3ccc(F)c(F)c3)sc2c1. The van der Waals surface area contributed by atoms with E-state index in [1.807, 2.05) is 0 Å². The van der Waals surface area contributed by atoms with Crippen molar-refractivity contribution >= 4 is 21.4 Å². The van der Waals surface area contributed by atoms with E-state index in [1.165, 1.54) is 29.5 Å². The maximum atomic E-state index is 13.5. The third-order valence-corrected chi connectivity index (χ3v) is 4.91. The summed E-state index contributed by atoms with van der Waals surface area (Å²) >= 11 is 1.25. The van der Waals surface area contributed by atoms with E-state index in [0.717, 1.165) is 22.2 Å². The second kappa shape index (κ2) is 6.38. The van der Waals surface area contributed by atoms with Crippen LogP contribution in [0.25, 0.3) is 21.2 Å². The van der Waals surface area contributed by atoms with Crippen LogP contribution in [0.2, 0.25) is 0 Å². The minimum absolute atomic E-state index is 0.101. The molecule has 0 amide bonds. The van der Waals surface area contributed by atoms with E-state index in [2.05, 4.69) is 0 Å². The first-order valence-corrected chi connectivity index (χ1v) is 8.47. The van der Waals surface area contributed by atoms with Crippen LogP contribution in [0.15, 0.2) is 60.7 Å². The number of hydrogen-bond donors (Lipinski definition) is 1. The molecule has 4 aromatic rings. The van der Waals surface area contributed by atoms with Crippen LogP contribution in [0, 0.1) is 17.5 Å². The van der Waals surface area contributed by atoms with Crippen LogP contribution >= 0.6 is 11.3 Å². The van der Waals surface area contributed by atoms with Gasteiger partial charge in [-0.1, -0.05) is 23.5 Å². The predicted molar refractivity (Wildman–Crippen MR) is 95.3 cm³/mol. The summed E-state index contributed by atoms with van der Waals surface area (Å²) in [7, 11) is 0. The first kappa shape index (κ1) is 16.5. The average molecular weight is 372 g/mol. The number of phenols is 1. The molecule has 3 aromatic carbocycles. The van der Waals surface area contributed by atoms with Gasteiger partial charge in [-0.05, 0) is 48.0 Å². The summed E-state index contributed by atoms with van der Waals surface area (Å²) in [5.41, 5.74) is 1.40. The number of thiophene rings is 1. The Morgan fingerprint density at radius 3 is 2.31 bits per heavy atom. The number of ether oxygens (including phenoxy) is 1. The van der Waals surface area contributed by atoms with Crippen molar-refractivity contribution in [1.29, 1.82) is 0 Å². The van der Waals surface area contributed by atoms with E-state index in [-0.39, 0.29) is 17.3 Å². The molecular formula is C20H11F3O2S. The van der Waals surface area contributed by atoms with Crippen LogP contribution < -0.4 is 4.74 Å².